The van der Waals surface area contributed by atoms with Crippen molar-refractivity contribution in [3.8, 4) is 17.4 Å². The number of nitriles is 1. The molecule has 222 valence electrons. The Kier molecular flexibility index (Phi) is 9.59. The molecule has 0 aliphatic carbocycles. The number of furan rings is 1. The van der Waals surface area contributed by atoms with Crippen LogP contribution in [0.25, 0.3) is 27.7 Å². The number of aliphatic hydroxyl groups is 3. The first kappa shape index (κ1) is 29.8. The summed E-state index contributed by atoms with van der Waals surface area (Å²) in [6.45, 7) is 10.8. The molecule has 0 radical (unpaired) electrons. The zero-order chi connectivity index (χ0) is 29.6. The lowest BCUT2D eigenvalue weighted by molar-refractivity contribution is -0.212. The third-order valence-corrected chi connectivity index (χ3v) is 7.85. The molecule has 2 aliphatic heterocycles. The Labute approximate surface area is 245 Å². The predicted octanol–water partition coefficient (Wildman–Crippen LogP) is 3.07. The Morgan fingerprint density at radius 3 is 2.60 bits per heavy atom. The molecule has 0 saturated carbocycles. The summed E-state index contributed by atoms with van der Waals surface area (Å²) in [7, 11) is 0. The number of nitrogens with one attached hydrogen (secondary N) is 2. The molecule has 0 amide bonds. The van der Waals surface area contributed by atoms with E-state index in [9.17, 15) is 20.6 Å². The molecule has 5 N–H and O–H groups in total. The summed E-state index contributed by atoms with van der Waals surface area (Å²) in [5, 5.41) is 48.5. The summed E-state index contributed by atoms with van der Waals surface area (Å²) >= 11 is 0. The molecule has 2 aromatic carbocycles. The summed E-state index contributed by atoms with van der Waals surface area (Å²) in [5.41, 5.74) is 3.00. The van der Waals surface area contributed by atoms with Gasteiger partial charge in [0.25, 0.3) is 0 Å². The van der Waals surface area contributed by atoms with E-state index in [2.05, 4.69) is 58.5 Å². The number of hydrogen-bond donors (Lipinski definition) is 5. The number of nitrogens with zero attached hydrogens (tertiary/aromatic N) is 2. The molecule has 1 aromatic heterocycles. The summed E-state index contributed by atoms with van der Waals surface area (Å²) in [5.74, 6) is 1.17. The zero-order valence-electron chi connectivity index (χ0n) is 23.8. The topological polar surface area (TPSA) is 143 Å². The van der Waals surface area contributed by atoms with Crippen LogP contribution in [0.4, 0.5) is 5.69 Å². The van der Waals surface area contributed by atoms with Crippen molar-refractivity contribution in [2.45, 2.75) is 37.9 Å². The Bertz CT molecular complexity index is 1460. The van der Waals surface area contributed by atoms with Crippen molar-refractivity contribution in [2.24, 2.45) is 0 Å². The van der Waals surface area contributed by atoms with Crippen molar-refractivity contribution in [2.75, 3.05) is 51.3 Å². The highest BCUT2D eigenvalue weighted by Crippen LogP contribution is 2.31. The van der Waals surface area contributed by atoms with E-state index in [0.29, 0.717) is 17.1 Å². The van der Waals surface area contributed by atoms with Crippen LogP contribution in [0.5, 0.6) is 0 Å². The van der Waals surface area contributed by atoms with Gasteiger partial charge in [-0.3, -0.25) is 4.90 Å². The highest BCUT2D eigenvalue weighted by Gasteiger charge is 2.37. The predicted molar refractivity (Wildman–Crippen MR) is 160 cm³/mol. The van der Waals surface area contributed by atoms with Crippen LogP contribution in [-0.2, 0) is 9.47 Å². The van der Waals surface area contributed by atoms with E-state index in [1.807, 2.05) is 12.1 Å². The smallest absolute Gasteiger partial charge is 0.177 e. The van der Waals surface area contributed by atoms with E-state index in [0.717, 1.165) is 61.4 Å². The quantitative estimate of drug-likeness (QED) is 0.181. The van der Waals surface area contributed by atoms with E-state index in [4.69, 9.17) is 13.9 Å². The largest absolute Gasteiger partial charge is 0.456 e. The minimum Gasteiger partial charge on any atom is -0.456 e. The minimum atomic E-state index is -1.37. The van der Waals surface area contributed by atoms with Crippen molar-refractivity contribution in [3.63, 3.8) is 0 Å². The van der Waals surface area contributed by atoms with Crippen LogP contribution in [0, 0.1) is 11.3 Å². The van der Waals surface area contributed by atoms with Crippen molar-refractivity contribution < 1.29 is 29.2 Å². The van der Waals surface area contributed by atoms with Crippen LogP contribution in [0.2, 0.25) is 0 Å². The average Bonchev–Trinajstić information content (AvgIpc) is 3.50. The fraction of sp³-hybridized carbons (Fsp3) is 0.406. The highest BCUT2D eigenvalue weighted by molar-refractivity contribution is 5.89. The molecule has 4 unspecified atom stereocenters. The lowest BCUT2D eigenvalue weighted by Crippen LogP contribution is -2.55. The maximum absolute atomic E-state index is 10.4. The third kappa shape index (κ3) is 6.85. The third-order valence-electron chi connectivity index (χ3n) is 7.85. The Hall–Kier alpha value is -3.69. The van der Waals surface area contributed by atoms with Gasteiger partial charge in [-0.15, -0.1) is 0 Å². The number of fused-ring (bicyclic) bond motifs is 1. The number of ether oxygens (including phenoxy) is 2. The van der Waals surface area contributed by atoms with Crippen LogP contribution in [0.3, 0.4) is 0 Å². The number of anilines is 1. The minimum absolute atomic E-state index is 0.142. The van der Waals surface area contributed by atoms with Gasteiger partial charge in [-0.1, -0.05) is 24.8 Å². The molecule has 4 atom stereocenters. The van der Waals surface area contributed by atoms with Gasteiger partial charge in [-0.05, 0) is 48.0 Å². The first-order valence-corrected chi connectivity index (χ1v) is 14.2. The van der Waals surface area contributed by atoms with Gasteiger partial charge >= 0.3 is 0 Å². The fourth-order valence-corrected chi connectivity index (χ4v) is 5.39. The second-order valence-corrected chi connectivity index (χ2v) is 10.7. The fourth-order valence-electron chi connectivity index (χ4n) is 5.39. The molecule has 2 fully saturated rings. The number of rotatable bonds is 10. The van der Waals surface area contributed by atoms with Gasteiger partial charge in [0.05, 0.1) is 37.6 Å². The number of benzene rings is 2. The second kappa shape index (κ2) is 13.5. The normalized spacial score (nSPS) is 23.7. The van der Waals surface area contributed by atoms with Crippen molar-refractivity contribution in [1.82, 2.24) is 10.2 Å². The first-order valence-electron chi connectivity index (χ1n) is 14.2. The lowest BCUT2D eigenvalue weighted by atomic mass is 9.98. The monoisotopic (exact) mass is 574 g/mol. The molecule has 2 saturated heterocycles. The number of hydrogen-bond acceptors (Lipinski definition) is 10. The molecule has 0 spiro atoms. The van der Waals surface area contributed by atoms with Gasteiger partial charge in [-0.2, -0.15) is 5.26 Å². The van der Waals surface area contributed by atoms with Gasteiger partial charge in [-0.25, -0.2) is 0 Å². The van der Waals surface area contributed by atoms with Crippen LogP contribution < -0.4 is 10.6 Å². The Balaban J connectivity index is 1.25. The van der Waals surface area contributed by atoms with Gasteiger partial charge in [0.1, 0.15) is 23.6 Å². The molecule has 10 heteroatoms. The van der Waals surface area contributed by atoms with Crippen molar-refractivity contribution >= 4 is 22.0 Å². The number of morpholine rings is 1. The maximum Gasteiger partial charge on any atom is 0.177 e. The standard InChI is InChI=1S/C32H38N4O6/c1-20(27(18-33)21(2)35-31-28(38)17-26(19-37)41-32(31)39)29-7-8-30(42-29)24-4-3-23-16-25(6-5-22(23)15-24)34-9-10-36-11-13-40-14-12-36/h3-8,15-16,26,28,31-32,34-35,37-39H,2,9-14,17,19H2,1H3/b27-20+. The highest BCUT2D eigenvalue weighted by atomic mass is 16.6. The van der Waals surface area contributed by atoms with Gasteiger partial charge in [0, 0.05) is 55.1 Å². The van der Waals surface area contributed by atoms with Gasteiger partial charge < -0.3 is 39.8 Å². The average molecular weight is 575 g/mol. The van der Waals surface area contributed by atoms with Gasteiger partial charge in [0.2, 0.25) is 0 Å². The van der Waals surface area contributed by atoms with Crippen LogP contribution in [0.1, 0.15) is 19.1 Å². The van der Waals surface area contributed by atoms with Crippen molar-refractivity contribution in [3.05, 3.63) is 72.1 Å². The van der Waals surface area contributed by atoms with E-state index in [-0.39, 0.29) is 24.3 Å². The molecule has 0 bridgehead atoms. The van der Waals surface area contributed by atoms with Gasteiger partial charge in [0.15, 0.2) is 6.29 Å². The molecule has 5 rings (SSSR count). The molecular weight excluding hydrogens is 536 g/mol. The Morgan fingerprint density at radius 2 is 1.86 bits per heavy atom. The van der Waals surface area contributed by atoms with E-state index in [1.165, 1.54) is 0 Å². The molecule has 3 heterocycles. The Morgan fingerprint density at radius 1 is 1.10 bits per heavy atom. The summed E-state index contributed by atoms with van der Waals surface area (Å²) in [6.07, 6.45) is -2.88. The van der Waals surface area contributed by atoms with Crippen LogP contribution in [-0.4, -0.2) is 90.8 Å². The lowest BCUT2D eigenvalue weighted by Gasteiger charge is -2.37. The summed E-state index contributed by atoms with van der Waals surface area (Å²) in [4.78, 5) is 2.40. The molecule has 10 nitrogen and oxygen atoms in total. The van der Waals surface area contributed by atoms with E-state index >= 15 is 0 Å². The number of allylic oxidation sites excluding steroid dienone is 2. The van der Waals surface area contributed by atoms with Crippen LogP contribution >= 0.6 is 0 Å². The van der Waals surface area contributed by atoms with Crippen LogP contribution in [0.15, 0.2) is 70.8 Å². The summed E-state index contributed by atoms with van der Waals surface area (Å²) < 4.78 is 16.9. The van der Waals surface area contributed by atoms with Crippen molar-refractivity contribution in [1.29, 1.82) is 5.26 Å². The molecule has 2 aliphatic rings. The molecule has 3 aromatic rings. The molecule has 42 heavy (non-hydrogen) atoms. The van der Waals surface area contributed by atoms with E-state index in [1.54, 1.807) is 13.0 Å². The zero-order valence-corrected chi connectivity index (χ0v) is 23.8. The first-order chi connectivity index (χ1) is 20.4. The number of aliphatic hydroxyl groups excluding tert-OH is 3. The molecular formula is C32H38N4O6. The SMILES string of the molecule is C=C(NC1C(O)CC(CO)OC1O)/C(C#N)=C(\C)c1ccc(-c2ccc3cc(NCCN4CCOCC4)ccc3c2)o1. The van der Waals surface area contributed by atoms with E-state index < -0.39 is 24.5 Å². The maximum atomic E-state index is 10.4. The summed E-state index contributed by atoms with van der Waals surface area (Å²) in [6, 6.07) is 17.4. The second-order valence-electron chi connectivity index (χ2n) is 10.7.